The fraction of sp³-hybridized carbons (Fsp3) is 0.0800. The Morgan fingerprint density at radius 2 is 1.72 bits per heavy atom. The molecule has 0 radical (unpaired) electrons. The molecule has 0 fully saturated rings. The number of hydrogen-bond donors (Lipinski definition) is 1. The van der Waals surface area contributed by atoms with Crippen LogP contribution in [0.4, 0.5) is 5.82 Å². The highest BCUT2D eigenvalue weighted by molar-refractivity contribution is 9.10. The van der Waals surface area contributed by atoms with E-state index in [1.54, 1.807) is 61.2 Å². The Morgan fingerprint density at radius 1 is 1.00 bits per heavy atom. The molecular formula is C25H20BrN3O3. The Kier molecular flexibility index (Phi) is 6.18. The molecule has 32 heavy (non-hydrogen) atoms. The maximum absolute atomic E-state index is 13.2. The lowest BCUT2D eigenvalue weighted by Crippen LogP contribution is -2.25. The minimum absolute atomic E-state index is 0.258. The molecule has 1 aromatic heterocycles. The first kappa shape index (κ1) is 21.5. The van der Waals surface area contributed by atoms with Gasteiger partial charge in [0.1, 0.15) is 17.3 Å². The highest BCUT2D eigenvalue weighted by Crippen LogP contribution is 2.29. The topological polar surface area (TPSA) is 73.2 Å². The van der Waals surface area contributed by atoms with Crippen LogP contribution in [0.3, 0.4) is 0 Å². The molecule has 7 heteroatoms. The second-order valence-corrected chi connectivity index (χ2v) is 7.99. The van der Waals surface area contributed by atoms with Crippen LogP contribution >= 0.6 is 15.9 Å². The number of benzene rings is 3. The fourth-order valence-electron chi connectivity index (χ4n) is 3.35. The number of halogens is 1. The van der Waals surface area contributed by atoms with E-state index >= 15 is 0 Å². The molecule has 0 saturated heterocycles. The number of para-hydroxylation sites is 1. The number of nitrogens with one attached hydrogen (secondary N) is 1. The van der Waals surface area contributed by atoms with Crippen LogP contribution < -0.4 is 15.5 Å². The molecule has 4 rings (SSSR count). The first-order chi connectivity index (χ1) is 15.5. The van der Waals surface area contributed by atoms with Crippen molar-refractivity contribution in [2.24, 2.45) is 0 Å². The molecule has 0 aliphatic carbocycles. The van der Waals surface area contributed by atoms with Crippen molar-refractivity contribution in [1.29, 1.82) is 0 Å². The molecule has 1 amide bonds. The van der Waals surface area contributed by atoms with E-state index in [0.29, 0.717) is 34.0 Å². The quantitative estimate of drug-likeness (QED) is 0.416. The first-order valence-electron chi connectivity index (χ1n) is 9.88. The number of methoxy groups -OCH3 is 1. The first-order valence-corrected chi connectivity index (χ1v) is 10.7. The summed E-state index contributed by atoms with van der Waals surface area (Å²) >= 11 is 3.39. The molecule has 3 aromatic carbocycles. The van der Waals surface area contributed by atoms with Crippen LogP contribution in [0.15, 0.2) is 88.1 Å². The number of aromatic nitrogens is 2. The molecule has 0 aliphatic rings. The van der Waals surface area contributed by atoms with Gasteiger partial charge in [0.2, 0.25) is 5.43 Å². The van der Waals surface area contributed by atoms with Crippen molar-refractivity contribution in [2.75, 3.05) is 12.4 Å². The average molecular weight is 490 g/mol. The second-order valence-electron chi connectivity index (χ2n) is 7.08. The molecular weight excluding hydrogens is 470 g/mol. The predicted octanol–water partition coefficient (Wildman–Crippen LogP) is 5.23. The summed E-state index contributed by atoms with van der Waals surface area (Å²) in [5.41, 5.74) is 2.23. The highest BCUT2D eigenvalue weighted by atomic mass is 79.9. The molecule has 160 valence electrons. The molecule has 0 aliphatic heterocycles. The Hall–Kier alpha value is -3.71. The zero-order valence-electron chi connectivity index (χ0n) is 17.5. The van der Waals surface area contributed by atoms with Gasteiger partial charge >= 0.3 is 0 Å². The number of nitrogens with zero attached hydrogens (tertiary/aromatic N) is 2. The van der Waals surface area contributed by atoms with Gasteiger partial charge in [0.05, 0.1) is 18.4 Å². The van der Waals surface area contributed by atoms with Crippen LogP contribution in [0.5, 0.6) is 5.75 Å². The van der Waals surface area contributed by atoms with Crippen LogP contribution in [0.2, 0.25) is 0 Å². The van der Waals surface area contributed by atoms with Gasteiger partial charge in [-0.05, 0) is 55.0 Å². The van der Waals surface area contributed by atoms with Crippen LogP contribution in [0.25, 0.3) is 16.8 Å². The maximum Gasteiger partial charge on any atom is 0.256 e. The fourth-order valence-corrected chi connectivity index (χ4v) is 3.75. The lowest BCUT2D eigenvalue weighted by atomic mass is 10.0. The number of anilines is 1. The third-order valence-electron chi connectivity index (χ3n) is 4.95. The molecule has 0 atom stereocenters. The van der Waals surface area contributed by atoms with Gasteiger partial charge in [-0.2, -0.15) is 5.10 Å². The van der Waals surface area contributed by atoms with Crippen molar-refractivity contribution >= 4 is 27.7 Å². The second kappa shape index (κ2) is 9.20. The Balaban J connectivity index is 1.94. The summed E-state index contributed by atoms with van der Waals surface area (Å²) in [4.78, 5) is 26.4. The van der Waals surface area contributed by atoms with Gasteiger partial charge in [0.15, 0.2) is 0 Å². The lowest BCUT2D eigenvalue weighted by Gasteiger charge is -2.18. The van der Waals surface area contributed by atoms with Crippen LogP contribution in [0, 0.1) is 6.92 Å². The summed E-state index contributed by atoms with van der Waals surface area (Å²) in [7, 11) is 1.58. The average Bonchev–Trinajstić information content (AvgIpc) is 2.82. The number of carbonyl (C=O) groups excluding carboxylic acids is 1. The van der Waals surface area contributed by atoms with Crippen molar-refractivity contribution in [3.63, 3.8) is 0 Å². The van der Waals surface area contributed by atoms with Crippen LogP contribution in [-0.4, -0.2) is 22.8 Å². The summed E-state index contributed by atoms with van der Waals surface area (Å²) in [6.07, 6.45) is 0. The summed E-state index contributed by atoms with van der Waals surface area (Å²) in [6, 6.07) is 23.5. The third-order valence-corrected chi connectivity index (χ3v) is 5.45. The summed E-state index contributed by atoms with van der Waals surface area (Å²) in [5.74, 6) is 0.611. The molecule has 4 aromatic rings. The number of rotatable bonds is 5. The number of amides is 1. The van der Waals surface area contributed by atoms with E-state index in [2.05, 4.69) is 26.3 Å². The highest BCUT2D eigenvalue weighted by Gasteiger charge is 2.21. The van der Waals surface area contributed by atoms with Crippen molar-refractivity contribution in [3.8, 4) is 22.6 Å². The number of ether oxygens (including phenoxy) is 1. The van der Waals surface area contributed by atoms with Gasteiger partial charge in [-0.1, -0.05) is 52.3 Å². The van der Waals surface area contributed by atoms with E-state index in [-0.39, 0.29) is 11.3 Å². The summed E-state index contributed by atoms with van der Waals surface area (Å²) < 4.78 is 7.62. The summed E-state index contributed by atoms with van der Waals surface area (Å²) in [6.45, 7) is 1.66. The van der Waals surface area contributed by atoms with Crippen LogP contribution in [-0.2, 0) is 0 Å². The van der Waals surface area contributed by atoms with Crippen molar-refractivity contribution < 1.29 is 9.53 Å². The number of aryl methyl sites for hydroxylation is 1. The van der Waals surface area contributed by atoms with Crippen molar-refractivity contribution in [2.45, 2.75) is 6.92 Å². The Morgan fingerprint density at radius 3 is 2.38 bits per heavy atom. The van der Waals surface area contributed by atoms with Gasteiger partial charge in [-0.15, -0.1) is 0 Å². The molecule has 0 saturated carbocycles. The SMILES string of the molecule is COc1ccc(-c2c(NC(=O)c3cccc(Br)c3)n(-c3ccccc3)nc(C)c2=O)cc1. The predicted molar refractivity (Wildman–Crippen MR) is 129 cm³/mol. The Bertz CT molecular complexity index is 1330. The lowest BCUT2D eigenvalue weighted by molar-refractivity contribution is 0.102. The molecule has 6 nitrogen and oxygen atoms in total. The minimum Gasteiger partial charge on any atom is -0.497 e. The van der Waals surface area contributed by atoms with Crippen molar-refractivity contribution in [3.05, 3.63) is 105 Å². The number of hydrogen-bond acceptors (Lipinski definition) is 4. The third kappa shape index (κ3) is 4.33. The monoisotopic (exact) mass is 489 g/mol. The van der Waals surface area contributed by atoms with E-state index in [1.807, 2.05) is 36.4 Å². The normalized spacial score (nSPS) is 10.6. The largest absolute Gasteiger partial charge is 0.497 e. The Labute approximate surface area is 193 Å². The van der Waals surface area contributed by atoms with E-state index in [1.165, 1.54) is 0 Å². The molecule has 1 heterocycles. The molecule has 0 bridgehead atoms. The standard InChI is InChI=1S/C25H20BrN3O3/c1-16-23(30)22(17-11-13-21(32-2)14-12-17)24(29(28-16)20-9-4-3-5-10-20)27-25(31)18-7-6-8-19(26)15-18/h3-15H,1-2H3,(H,27,31). The molecule has 0 unspecified atom stereocenters. The number of carbonyl (C=O) groups is 1. The van der Waals surface area contributed by atoms with Gasteiger partial charge in [0, 0.05) is 10.0 Å². The van der Waals surface area contributed by atoms with E-state index in [4.69, 9.17) is 4.74 Å². The zero-order chi connectivity index (χ0) is 22.7. The molecule has 1 N–H and O–H groups in total. The van der Waals surface area contributed by atoms with Gasteiger partial charge in [0.25, 0.3) is 5.91 Å². The van der Waals surface area contributed by atoms with Gasteiger partial charge in [-0.3, -0.25) is 9.59 Å². The smallest absolute Gasteiger partial charge is 0.256 e. The van der Waals surface area contributed by atoms with E-state index in [0.717, 1.165) is 10.2 Å². The zero-order valence-corrected chi connectivity index (χ0v) is 19.1. The van der Waals surface area contributed by atoms with Crippen LogP contribution in [0.1, 0.15) is 16.1 Å². The van der Waals surface area contributed by atoms with Gasteiger partial charge < -0.3 is 10.1 Å². The maximum atomic E-state index is 13.2. The van der Waals surface area contributed by atoms with E-state index in [9.17, 15) is 9.59 Å². The minimum atomic E-state index is -0.351. The van der Waals surface area contributed by atoms with Crippen molar-refractivity contribution in [1.82, 2.24) is 9.78 Å². The summed E-state index contributed by atoms with van der Waals surface area (Å²) in [5, 5.41) is 7.41. The van der Waals surface area contributed by atoms with E-state index < -0.39 is 0 Å². The molecule has 0 spiro atoms. The van der Waals surface area contributed by atoms with Gasteiger partial charge in [-0.25, -0.2) is 4.68 Å².